The normalized spacial score (nSPS) is 16.3. The molecule has 1 saturated heterocycles. The van der Waals surface area contributed by atoms with Crippen LogP contribution in [0.4, 0.5) is 10.5 Å². The third kappa shape index (κ3) is 5.23. The summed E-state index contributed by atoms with van der Waals surface area (Å²) in [5.74, 6) is 0.786. The van der Waals surface area contributed by atoms with Gasteiger partial charge in [0, 0.05) is 25.2 Å². The second-order valence-corrected chi connectivity index (χ2v) is 6.47. The van der Waals surface area contributed by atoms with Crippen molar-refractivity contribution in [3.8, 4) is 5.75 Å². The zero-order valence-corrected chi connectivity index (χ0v) is 15.5. The van der Waals surface area contributed by atoms with Crippen molar-refractivity contribution in [1.29, 1.82) is 0 Å². The van der Waals surface area contributed by atoms with E-state index in [2.05, 4.69) is 10.6 Å². The molecule has 0 saturated carbocycles. The van der Waals surface area contributed by atoms with E-state index < -0.39 is 0 Å². The SMILES string of the molecule is CCOc1ccc(N2C[C@H](NC(=O)NCCc3ccccc3)CC2=O)cc1. The molecule has 1 fully saturated rings. The van der Waals surface area contributed by atoms with Gasteiger partial charge in [-0.25, -0.2) is 4.79 Å². The third-order valence-corrected chi connectivity index (χ3v) is 4.46. The van der Waals surface area contributed by atoms with E-state index in [-0.39, 0.29) is 18.0 Å². The molecule has 1 aliphatic heterocycles. The predicted octanol–water partition coefficient (Wildman–Crippen LogP) is 2.73. The van der Waals surface area contributed by atoms with E-state index in [4.69, 9.17) is 4.74 Å². The van der Waals surface area contributed by atoms with Crippen LogP contribution < -0.4 is 20.3 Å². The molecule has 0 spiro atoms. The van der Waals surface area contributed by atoms with E-state index in [0.717, 1.165) is 17.9 Å². The average Bonchev–Trinajstić information content (AvgIpc) is 3.03. The summed E-state index contributed by atoms with van der Waals surface area (Å²) in [7, 11) is 0. The Labute approximate surface area is 159 Å². The van der Waals surface area contributed by atoms with E-state index in [1.54, 1.807) is 4.90 Å². The van der Waals surface area contributed by atoms with Gasteiger partial charge in [0.25, 0.3) is 0 Å². The maximum atomic E-state index is 12.3. The van der Waals surface area contributed by atoms with Crippen LogP contribution in [0.2, 0.25) is 0 Å². The minimum atomic E-state index is -0.239. The first-order valence-electron chi connectivity index (χ1n) is 9.27. The second-order valence-electron chi connectivity index (χ2n) is 6.47. The number of carbonyl (C=O) groups excluding carboxylic acids is 2. The van der Waals surface area contributed by atoms with Gasteiger partial charge < -0.3 is 20.3 Å². The Balaban J connectivity index is 1.46. The van der Waals surface area contributed by atoms with Crippen LogP contribution in [0.15, 0.2) is 54.6 Å². The molecule has 6 nitrogen and oxygen atoms in total. The van der Waals surface area contributed by atoms with Crippen LogP contribution in [0.5, 0.6) is 5.75 Å². The van der Waals surface area contributed by atoms with Crippen LogP contribution in [0.3, 0.4) is 0 Å². The minimum Gasteiger partial charge on any atom is -0.494 e. The summed E-state index contributed by atoms with van der Waals surface area (Å²) in [6.07, 6.45) is 1.08. The van der Waals surface area contributed by atoms with Gasteiger partial charge in [-0.1, -0.05) is 30.3 Å². The second kappa shape index (κ2) is 9.07. The summed E-state index contributed by atoms with van der Waals surface area (Å²) < 4.78 is 5.42. The van der Waals surface area contributed by atoms with E-state index in [1.165, 1.54) is 5.56 Å². The van der Waals surface area contributed by atoms with Gasteiger partial charge in [-0.2, -0.15) is 0 Å². The molecular weight excluding hydrogens is 342 g/mol. The van der Waals surface area contributed by atoms with Crippen LogP contribution >= 0.6 is 0 Å². The molecular formula is C21H25N3O3. The fraction of sp³-hybridized carbons (Fsp3) is 0.333. The Morgan fingerprint density at radius 1 is 1.15 bits per heavy atom. The van der Waals surface area contributed by atoms with E-state index in [1.807, 2.05) is 61.5 Å². The first-order chi connectivity index (χ1) is 13.2. The zero-order valence-electron chi connectivity index (χ0n) is 15.5. The van der Waals surface area contributed by atoms with E-state index in [0.29, 0.717) is 26.1 Å². The fourth-order valence-corrected chi connectivity index (χ4v) is 3.14. The molecule has 3 amide bonds. The van der Waals surface area contributed by atoms with Crippen molar-refractivity contribution in [2.75, 3.05) is 24.6 Å². The quantitative estimate of drug-likeness (QED) is 0.790. The fourth-order valence-electron chi connectivity index (χ4n) is 3.14. The first-order valence-corrected chi connectivity index (χ1v) is 9.27. The van der Waals surface area contributed by atoms with Crippen LogP contribution in [-0.4, -0.2) is 37.7 Å². The summed E-state index contributed by atoms with van der Waals surface area (Å²) in [6, 6.07) is 17.0. The van der Waals surface area contributed by atoms with Crippen molar-refractivity contribution in [2.45, 2.75) is 25.8 Å². The van der Waals surface area contributed by atoms with Gasteiger partial charge in [0.2, 0.25) is 5.91 Å². The number of nitrogens with one attached hydrogen (secondary N) is 2. The van der Waals surface area contributed by atoms with Crippen molar-refractivity contribution in [2.24, 2.45) is 0 Å². The smallest absolute Gasteiger partial charge is 0.315 e. The lowest BCUT2D eigenvalue weighted by Gasteiger charge is -2.18. The number of anilines is 1. The summed E-state index contributed by atoms with van der Waals surface area (Å²) in [6.45, 7) is 3.56. The molecule has 6 heteroatoms. The highest BCUT2D eigenvalue weighted by molar-refractivity contribution is 5.96. The Kier molecular flexibility index (Phi) is 6.30. The molecule has 2 N–H and O–H groups in total. The number of benzene rings is 2. The molecule has 0 unspecified atom stereocenters. The molecule has 1 aliphatic rings. The highest BCUT2D eigenvalue weighted by atomic mass is 16.5. The van der Waals surface area contributed by atoms with Crippen LogP contribution in [0.25, 0.3) is 0 Å². The van der Waals surface area contributed by atoms with Gasteiger partial charge in [-0.3, -0.25) is 4.79 Å². The predicted molar refractivity (Wildman–Crippen MR) is 105 cm³/mol. The standard InChI is InChI=1S/C21H25N3O3/c1-2-27-19-10-8-18(9-11-19)24-15-17(14-20(24)25)23-21(26)22-13-12-16-6-4-3-5-7-16/h3-11,17H,2,12-15H2,1H3,(H2,22,23,26)/t17-/m1/s1. The monoisotopic (exact) mass is 367 g/mol. The topological polar surface area (TPSA) is 70.7 Å². The van der Waals surface area contributed by atoms with Gasteiger partial charge in [0.05, 0.1) is 12.6 Å². The van der Waals surface area contributed by atoms with Crippen LogP contribution in [-0.2, 0) is 11.2 Å². The van der Waals surface area contributed by atoms with E-state index in [9.17, 15) is 9.59 Å². The molecule has 2 aromatic rings. The minimum absolute atomic E-state index is 0.00810. The van der Waals surface area contributed by atoms with Gasteiger partial charge in [-0.15, -0.1) is 0 Å². The molecule has 1 atom stereocenters. The lowest BCUT2D eigenvalue weighted by Crippen LogP contribution is -2.43. The van der Waals surface area contributed by atoms with E-state index >= 15 is 0 Å². The summed E-state index contributed by atoms with van der Waals surface area (Å²) >= 11 is 0. The van der Waals surface area contributed by atoms with Crippen molar-refractivity contribution in [3.63, 3.8) is 0 Å². The van der Waals surface area contributed by atoms with Crippen molar-refractivity contribution in [3.05, 3.63) is 60.2 Å². The Morgan fingerprint density at radius 2 is 1.89 bits per heavy atom. The van der Waals surface area contributed by atoms with Crippen molar-refractivity contribution >= 4 is 17.6 Å². The number of hydrogen-bond donors (Lipinski definition) is 2. The van der Waals surface area contributed by atoms with Crippen molar-refractivity contribution in [1.82, 2.24) is 10.6 Å². The molecule has 142 valence electrons. The number of urea groups is 1. The number of rotatable bonds is 7. The Bertz CT molecular complexity index is 762. The maximum Gasteiger partial charge on any atom is 0.315 e. The lowest BCUT2D eigenvalue weighted by molar-refractivity contribution is -0.117. The average molecular weight is 367 g/mol. The number of carbonyl (C=O) groups is 2. The summed E-state index contributed by atoms with van der Waals surface area (Å²) in [5.41, 5.74) is 1.99. The highest BCUT2D eigenvalue weighted by Gasteiger charge is 2.31. The molecule has 0 aromatic heterocycles. The largest absolute Gasteiger partial charge is 0.494 e. The molecule has 0 bridgehead atoms. The zero-order chi connectivity index (χ0) is 19.1. The number of amides is 3. The number of hydrogen-bond acceptors (Lipinski definition) is 3. The lowest BCUT2D eigenvalue weighted by atomic mass is 10.1. The number of ether oxygens (including phenoxy) is 1. The number of nitrogens with zero attached hydrogens (tertiary/aromatic N) is 1. The van der Waals surface area contributed by atoms with Gasteiger partial charge in [0.15, 0.2) is 0 Å². The maximum absolute atomic E-state index is 12.3. The van der Waals surface area contributed by atoms with Crippen LogP contribution in [0.1, 0.15) is 18.9 Å². The summed E-state index contributed by atoms with van der Waals surface area (Å²) in [4.78, 5) is 26.1. The molecule has 27 heavy (non-hydrogen) atoms. The molecule has 3 rings (SSSR count). The molecule has 0 aliphatic carbocycles. The third-order valence-electron chi connectivity index (χ3n) is 4.46. The van der Waals surface area contributed by atoms with Crippen molar-refractivity contribution < 1.29 is 14.3 Å². The Morgan fingerprint density at radius 3 is 2.59 bits per heavy atom. The van der Waals surface area contributed by atoms with Gasteiger partial charge in [-0.05, 0) is 43.2 Å². The van der Waals surface area contributed by atoms with Gasteiger partial charge in [0.1, 0.15) is 5.75 Å². The first kappa shape index (κ1) is 18.8. The molecule has 1 heterocycles. The van der Waals surface area contributed by atoms with Gasteiger partial charge >= 0.3 is 6.03 Å². The Hall–Kier alpha value is -3.02. The highest BCUT2D eigenvalue weighted by Crippen LogP contribution is 2.24. The van der Waals surface area contributed by atoms with Crippen LogP contribution in [0, 0.1) is 0 Å². The molecule has 2 aromatic carbocycles. The summed E-state index contributed by atoms with van der Waals surface area (Å²) in [5, 5.41) is 5.74. The molecule has 0 radical (unpaired) electrons.